The number of likely N-dealkylation sites (tertiary alicyclic amines) is 1. The maximum atomic E-state index is 2.77. The fraction of sp³-hybridized carbons (Fsp3) is 0.517. The number of rotatable bonds is 7. The van der Waals surface area contributed by atoms with Gasteiger partial charge in [0.1, 0.15) is 0 Å². The molecule has 2 aromatic rings. The van der Waals surface area contributed by atoms with Crippen molar-refractivity contribution < 1.29 is 0 Å². The minimum absolute atomic E-state index is 0.527. The maximum absolute atomic E-state index is 2.77. The first-order valence-electron chi connectivity index (χ1n) is 12.0. The lowest BCUT2D eigenvalue weighted by atomic mass is 9.84. The van der Waals surface area contributed by atoms with Gasteiger partial charge in [0, 0.05) is 12.6 Å². The van der Waals surface area contributed by atoms with Crippen molar-refractivity contribution in [3.63, 3.8) is 0 Å². The van der Waals surface area contributed by atoms with Crippen LogP contribution in [0, 0.1) is 26.7 Å². The molecule has 0 saturated carbocycles. The van der Waals surface area contributed by atoms with Crippen molar-refractivity contribution in [1.29, 1.82) is 0 Å². The Morgan fingerprint density at radius 2 is 1.80 bits per heavy atom. The van der Waals surface area contributed by atoms with Gasteiger partial charge in [-0.05, 0) is 92.8 Å². The highest BCUT2D eigenvalue weighted by Gasteiger charge is 2.30. The van der Waals surface area contributed by atoms with Crippen LogP contribution < -0.4 is 0 Å². The predicted octanol–water partition coefficient (Wildman–Crippen LogP) is 7.96. The largest absolute Gasteiger partial charge is 0.292 e. The third kappa shape index (κ3) is 5.06. The molecule has 1 saturated heterocycles. The van der Waals surface area contributed by atoms with Crippen molar-refractivity contribution in [2.45, 2.75) is 86.2 Å². The molecule has 30 heavy (non-hydrogen) atoms. The summed E-state index contributed by atoms with van der Waals surface area (Å²) in [5, 5.41) is 0. The number of nitrogens with zero attached hydrogens (tertiary/aromatic N) is 1. The van der Waals surface area contributed by atoms with Gasteiger partial charge in [0.15, 0.2) is 0 Å². The van der Waals surface area contributed by atoms with Crippen LogP contribution in [0.3, 0.4) is 0 Å². The summed E-state index contributed by atoms with van der Waals surface area (Å²) in [4.78, 5) is 2.77. The molecule has 2 atom stereocenters. The van der Waals surface area contributed by atoms with E-state index in [0.717, 1.165) is 12.5 Å². The average molecular weight is 404 g/mol. The van der Waals surface area contributed by atoms with Crippen LogP contribution in [0.4, 0.5) is 0 Å². The summed E-state index contributed by atoms with van der Waals surface area (Å²) in [5.41, 5.74) is 10.3. The second kappa shape index (κ2) is 10.4. The molecule has 0 spiro atoms. The standard InChI is InChI=1S/C29H41N/c1-7-10-26-18-22(5)23(6)27(11-8-2)28(26)20-30-17-16-24(9-3)19-29(30)25-14-12-21(4)13-15-25/h8,11-15,18,24,29H,7,9-10,16-17,19-20H2,1-6H3/b11-8-. The number of hydrogen-bond donors (Lipinski definition) is 0. The summed E-state index contributed by atoms with van der Waals surface area (Å²) in [6, 6.07) is 12.3. The highest BCUT2D eigenvalue weighted by molar-refractivity contribution is 5.62. The van der Waals surface area contributed by atoms with Crippen molar-refractivity contribution in [1.82, 2.24) is 4.90 Å². The molecule has 0 bridgehead atoms. The molecular formula is C29H41N. The molecule has 0 amide bonds. The summed E-state index contributed by atoms with van der Waals surface area (Å²) in [6.07, 6.45) is 10.8. The summed E-state index contributed by atoms with van der Waals surface area (Å²) >= 11 is 0. The maximum Gasteiger partial charge on any atom is 0.0354 e. The molecule has 1 heterocycles. The van der Waals surface area contributed by atoms with Gasteiger partial charge >= 0.3 is 0 Å². The summed E-state index contributed by atoms with van der Waals surface area (Å²) in [7, 11) is 0. The van der Waals surface area contributed by atoms with Crippen LogP contribution in [0.15, 0.2) is 36.4 Å². The van der Waals surface area contributed by atoms with Crippen LogP contribution in [0.25, 0.3) is 6.08 Å². The Labute approximate surface area is 185 Å². The van der Waals surface area contributed by atoms with Gasteiger partial charge in [-0.25, -0.2) is 0 Å². The lowest BCUT2D eigenvalue weighted by Gasteiger charge is -2.40. The van der Waals surface area contributed by atoms with E-state index >= 15 is 0 Å². The van der Waals surface area contributed by atoms with Crippen LogP contribution >= 0.6 is 0 Å². The lowest BCUT2D eigenvalue weighted by molar-refractivity contribution is 0.102. The zero-order valence-corrected chi connectivity index (χ0v) is 20.1. The topological polar surface area (TPSA) is 3.24 Å². The van der Waals surface area contributed by atoms with Crippen LogP contribution in [-0.2, 0) is 13.0 Å². The fourth-order valence-electron chi connectivity index (χ4n) is 5.13. The van der Waals surface area contributed by atoms with Gasteiger partial charge in [-0.3, -0.25) is 4.90 Å². The third-order valence-corrected chi connectivity index (χ3v) is 7.17. The second-order valence-electron chi connectivity index (χ2n) is 9.32. The van der Waals surface area contributed by atoms with E-state index in [1.165, 1.54) is 66.5 Å². The first-order chi connectivity index (χ1) is 14.5. The van der Waals surface area contributed by atoms with Gasteiger partial charge in [-0.15, -0.1) is 0 Å². The lowest BCUT2D eigenvalue weighted by Crippen LogP contribution is -2.36. The fourth-order valence-corrected chi connectivity index (χ4v) is 5.13. The molecule has 0 aliphatic carbocycles. The minimum Gasteiger partial charge on any atom is -0.292 e. The van der Waals surface area contributed by atoms with Crippen LogP contribution in [-0.4, -0.2) is 11.4 Å². The molecular weight excluding hydrogens is 362 g/mol. The summed E-state index contributed by atoms with van der Waals surface area (Å²) in [6.45, 7) is 15.8. The van der Waals surface area contributed by atoms with Crippen molar-refractivity contribution >= 4 is 6.08 Å². The Morgan fingerprint density at radius 3 is 2.43 bits per heavy atom. The van der Waals surface area contributed by atoms with E-state index < -0.39 is 0 Å². The number of allylic oxidation sites excluding steroid dienone is 1. The molecule has 0 radical (unpaired) electrons. The zero-order valence-electron chi connectivity index (χ0n) is 20.1. The quantitative estimate of drug-likeness (QED) is 0.453. The van der Waals surface area contributed by atoms with Crippen molar-refractivity contribution in [3.05, 3.63) is 75.4 Å². The first-order valence-corrected chi connectivity index (χ1v) is 12.0. The Morgan fingerprint density at radius 1 is 1.07 bits per heavy atom. The van der Waals surface area contributed by atoms with E-state index in [4.69, 9.17) is 0 Å². The van der Waals surface area contributed by atoms with E-state index in [1.54, 1.807) is 11.1 Å². The Bertz CT molecular complexity index is 859. The highest BCUT2D eigenvalue weighted by atomic mass is 15.2. The second-order valence-corrected chi connectivity index (χ2v) is 9.32. The van der Waals surface area contributed by atoms with Gasteiger partial charge in [-0.1, -0.05) is 74.7 Å². The van der Waals surface area contributed by atoms with Crippen LogP contribution in [0.1, 0.15) is 91.4 Å². The third-order valence-electron chi connectivity index (χ3n) is 7.17. The zero-order chi connectivity index (χ0) is 21.7. The Balaban J connectivity index is 2.01. The molecule has 1 aliphatic rings. The number of hydrogen-bond acceptors (Lipinski definition) is 1. The van der Waals surface area contributed by atoms with Gasteiger partial charge in [0.05, 0.1) is 0 Å². The van der Waals surface area contributed by atoms with Gasteiger partial charge < -0.3 is 0 Å². The molecule has 1 heteroatoms. The molecule has 2 aromatic carbocycles. The van der Waals surface area contributed by atoms with E-state index in [2.05, 4.69) is 88.9 Å². The Kier molecular flexibility index (Phi) is 7.94. The van der Waals surface area contributed by atoms with E-state index in [-0.39, 0.29) is 0 Å². The van der Waals surface area contributed by atoms with Gasteiger partial charge in [0.25, 0.3) is 0 Å². The van der Waals surface area contributed by atoms with Gasteiger partial charge in [-0.2, -0.15) is 0 Å². The molecule has 1 aliphatic heterocycles. The van der Waals surface area contributed by atoms with Crippen LogP contribution in [0.2, 0.25) is 0 Å². The number of benzene rings is 2. The van der Waals surface area contributed by atoms with E-state index in [0.29, 0.717) is 6.04 Å². The molecule has 1 nitrogen and oxygen atoms in total. The smallest absolute Gasteiger partial charge is 0.0354 e. The number of aryl methyl sites for hydroxylation is 3. The van der Waals surface area contributed by atoms with Gasteiger partial charge in [0.2, 0.25) is 0 Å². The van der Waals surface area contributed by atoms with E-state index in [1.807, 2.05) is 0 Å². The highest BCUT2D eigenvalue weighted by Crippen LogP contribution is 2.38. The van der Waals surface area contributed by atoms with Crippen molar-refractivity contribution in [2.75, 3.05) is 6.54 Å². The molecule has 162 valence electrons. The van der Waals surface area contributed by atoms with Crippen molar-refractivity contribution in [3.8, 4) is 0 Å². The average Bonchev–Trinajstić information content (AvgIpc) is 2.75. The normalized spacial score (nSPS) is 20.2. The minimum atomic E-state index is 0.527. The van der Waals surface area contributed by atoms with Crippen LogP contribution in [0.5, 0.6) is 0 Å². The predicted molar refractivity (Wildman–Crippen MR) is 132 cm³/mol. The monoisotopic (exact) mass is 403 g/mol. The SMILES string of the molecule is C/C=C\c1c(C)c(C)cc(CCC)c1CN1CCC(CC)CC1c1ccc(C)cc1. The molecule has 0 N–H and O–H groups in total. The molecule has 3 rings (SSSR count). The number of piperidine rings is 1. The summed E-state index contributed by atoms with van der Waals surface area (Å²) < 4.78 is 0. The Hall–Kier alpha value is -1.86. The van der Waals surface area contributed by atoms with Crippen molar-refractivity contribution in [2.24, 2.45) is 5.92 Å². The molecule has 2 unspecified atom stereocenters. The molecule has 1 fully saturated rings. The molecule has 0 aromatic heterocycles. The first kappa shape index (κ1) is 22.8. The van der Waals surface area contributed by atoms with E-state index in [9.17, 15) is 0 Å². The summed E-state index contributed by atoms with van der Waals surface area (Å²) in [5.74, 6) is 0.845.